The highest BCUT2D eigenvalue weighted by Crippen LogP contribution is 2.34. The number of rotatable bonds is 4. The zero-order valence-electron chi connectivity index (χ0n) is 10.2. The first-order valence-electron chi connectivity index (χ1n) is 6.28. The Bertz CT molecular complexity index is 388. The smallest absolute Gasteiger partial charge is 0.274 e. The molecule has 0 radical (unpaired) electrons. The first-order valence-corrected chi connectivity index (χ1v) is 6.28. The molecule has 0 aromatic heterocycles. The Kier molecular flexibility index (Phi) is 3.77. The molecule has 1 nitrogen and oxygen atoms in total. The van der Waals surface area contributed by atoms with Crippen LogP contribution in [0.3, 0.4) is 0 Å². The summed E-state index contributed by atoms with van der Waals surface area (Å²) in [7, 11) is 1.70. The normalized spacial score (nSPS) is 15.7. The summed E-state index contributed by atoms with van der Waals surface area (Å²) in [6, 6.07) is 5.20. The largest absolute Gasteiger partial charge is 0.320 e. The van der Waals surface area contributed by atoms with Gasteiger partial charge in [0.1, 0.15) is 0 Å². The van der Waals surface area contributed by atoms with Crippen molar-refractivity contribution in [3.63, 3.8) is 0 Å². The van der Waals surface area contributed by atoms with Crippen LogP contribution < -0.4 is 5.32 Å². The molecule has 0 unspecified atom stereocenters. The molecule has 1 N–H and O–H groups in total. The van der Waals surface area contributed by atoms with E-state index in [4.69, 9.17) is 0 Å². The van der Waals surface area contributed by atoms with Crippen molar-refractivity contribution in [2.45, 2.75) is 38.0 Å². The molecular weight excluding hydrogens is 220 g/mol. The average molecular weight is 239 g/mol. The van der Waals surface area contributed by atoms with Crippen LogP contribution in [0.4, 0.5) is 8.78 Å². The summed E-state index contributed by atoms with van der Waals surface area (Å²) < 4.78 is 27.7. The molecule has 94 valence electrons. The SMILES string of the molecule is CNCCC(F)(F)c1ccc2c(c1)CCCC2. The first kappa shape index (κ1) is 12.5. The minimum absolute atomic E-state index is 0.137. The monoisotopic (exact) mass is 239 g/mol. The number of nitrogens with one attached hydrogen (secondary N) is 1. The fourth-order valence-corrected chi connectivity index (χ4v) is 2.39. The Morgan fingerprint density at radius 1 is 1.18 bits per heavy atom. The molecule has 0 fully saturated rings. The van der Waals surface area contributed by atoms with E-state index in [2.05, 4.69) is 5.32 Å². The Balaban J connectivity index is 2.20. The molecule has 0 aliphatic heterocycles. The Morgan fingerprint density at radius 2 is 1.88 bits per heavy atom. The third-order valence-electron chi connectivity index (χ3n) is 3.46. The van der Waals surface area contributed by atoms with Gasteiger partial charge in [-0.25, -0.2) is 8.78 Å². The lowest BCUT2D eigenvalue weighted by atomic mass is 9.89. The minimum Gasteiger partial charge on any atom is -0.320 e. The first-order chi connectivity index (χ1) is 8.13. The Morgan fingerprint density at radius 3 is 2.59 bits per heavy atom. The van der Waals surface area contributed by atoms with Crippen molar-refractivity contribution < 1.29 is 8.78 Å². The molecule has 17 heavy (non-hydrogen) atoms. The lowest BCUT2D eigenvalue weighted by Gasteiger charge is -2.21. The van der Waals surface area contributed by atoms with Crippen molar-refractivity contribution in [1.29, 1.82) is 0 Å². The molecule has 0 saturated carbocycles. The fraction of sp³-hybridized carbons (Fsp3) is 0.571. The zero-order chi connectivity index (χ0) is 12.3. The minimum atomic E-state index is -2.71. The van der Waals surface area contributed by atoms with Gasteiger partial charge in [-0.3, -0.25) is 0 Å². The summed E-state index contributed by atoms with van der Waals surface area (Å²) in [5.41, 5.74) is 2.55. The quantitative estimate of drug-likeness (QED) is 0.850. The number of halogens is 2. The predicted octanol–water partition coefficient (Wildman–Crippen LogP) is 3.27. The van der Waals surface area contributed by atoms with E-state index in [1.165, 1.54) is 12.0 Å². The number of aryl methyl sites for hydroxylation is 2. The highest BCUT2D eigenvalue weighted by molar-refractivity contribution is 5.35. The number of hydrogen-bond acceptors (Lipinski definition) is 1. The topological polar surface area (TPSA) is 12.0 Å². The highest BCUT2D eigenvalue weighted by atomic mass is 19.3. The van der Waals surface area contributed by atoms with Crippen LogP contribution in [-0.2, 0) is 18.8 Å². The van der Waals surface area contributed by atoms with Crippen LogP contribution in [-0.4, -0.2) is 13.6 Å². The van der Waals surface area contributed by atoms with Gasteiger partial charge in [-0.05, 0) is 49.9 Å². The lowest BCUT2D eigenvalue weighted by Crippen LogP contribution is -2.21. The maximum absolute atomic E-state index is 13.9. The maximum atomic E-state index is 13.9. The van der Waals surface area contributed by atoms with E-state index in [9.17, 15) is 8.78 Å². The van der Waals surface area contributed by atoms with Crippen LogP contribution in [0.1, 0.15) is 36.0 Å². The van der Waals surface area contributed by atoms with E-state index in [0.717, 1.165) is 24.8 Å². The third kappa shape index (κ3) is 2.83. The molecule has 2 rings (SSSR count). The fourth-order valence-electron chi connectivity index (χ4n) is 2.39. The van der Waals surface area contributed by atoms with Gasteiger partial charge in [-0.1, -0.05) is 12.1 Å². The van der Waals surface area contributed by atoms with E-state index >= 15 is 0 Å². The van der Waals surface area contributed by atoms with Crippen molar-refractivity contribution in [1.82, 2.24) is 5.32 Å². The molecule has 1 aliphatic carbocycles. The number of fused-ring (bicyclic) bond motifs is 1. The van der Waals surface area contributed by atoms with E-state index in [1.54, 1.807) is 19.2 Å². The molecule has 1 aromatic carbocycles. The van der Waals surface area contributed by atoms with Gasteiger partial charge in [0.15, 0.2) is 0 Å². The summed E-state index contributed by atoms with van der Waals surface area (Å²) in [5.74, 6) is -2.71. The van der Waals surface area contributed by atoms with Crippen molar-refractivity contribution >= 4 is 0 Å². The summed E-state index contributed by atoms with van der Waals surface area (Å²) in [4.78, 5) is 0. The van der Waals surface area contributed by atoms with Crippen LogP contribution in [0.25, 0.3) is 0 Å². The number of benzene rings is 1. The molecular formula is C14H19F2N. The predicted molar refractivity (Wildman–Crippen MR) is 65.5 cm³/mol. The van der Waals surface area contributed by atoms with Crippen LogP contribution >= 0.6 is 0 Å². The van der Waals surface area contributed by atoms with Crippen molar-refractivity contribution in [3.05, 3.63) is 34.9 Å². The van der Waals surface area contributed by atoms with Gasteiger partial charge >= 0.3 is 0 Å². The molecule has 0 heterocycles. The number of alkyl halides is 2. The molecule has 0 amide bonds. The lowest BCUT2D eigenvalue weighted by molar-refractivity contribution is -0.0124. The van der Waals surface area contributed by atoms with Gasteiger partial charge in [-0.2, -0.15) is 0 Å². The van der Waals surface area contributed by atoms with Gasteiger partial charge in [0.2, 0.25) is 0 Å². The van der Waals surface area contributed by atoms with Crippen LogP contribution in [0.2, 0.25) is 0 Å². The van der Waals surface area contributed by atoms with Gasteiger partial charge in [0.05, 0.1) is 0 Å². The Labute approximate surface area is 101 Å². The van der Waals surface area contributed by atoms with Gasteiger partial charge in [-0.15, -0.1) is 0 Å². The van der Waals surface area contributed by atoms with Crippen LogP contribution in [0, 0.1) is 0 Å². The highest BCUT2D eigenvalue weighted by Gasteiger charge is 2.31. The number of hydrogen-bond donors (Lipinski definition) is 1. The summed E-state index contributed by atoms with van der Waals surface area (Å²) in [6.45, 7) is 0.337. The third-order valence-corrected chi connectivity index (χ3v) is 3.46. The van der Waals surface area contributed by atoms with E-state index in [0.29, 0.717) is 6.54 Å². The van der Waals surface area contributed by atoms with Crippen molar-refractivity contribution in [3.8, 4) is 0 Å². The second kappa shape index (κ2) is 5.13. The van der Waals surface area contributed by atoms with Crippen LogP contribution in [0.15, 0.2) is 18.2 Å². The van der Waals surface area contributed by atoms with Crippen molar-refractivity contribution in [2.24, 2.45) is 0 Å². The van der Waals surface area contributed by atoms with E-state index < -0.39 is 5.92 Å². The maximum Gasteiger partial charge on any atom is 0.274 e. The molecule has 0 spiro atoms. The van der Waals surface area contributed by atoms with E-state index in [1.807, 2.05) is 6.07 Å². The summed E-state index contributed by atoms with van der Waals surface area (Å²) in [5, 5.41) is 2.78. The molecule has 0 bridgehead atoms. The standard InChI is InChI=1S/C14H19F2N/c1-17-9-8-14(15,16)13-7-6-11-4-2-3-5-12(11)10-13/h6-7,10,17H,2-5,8-9H2,1H3. The molecule has 3 heteroatoms. The van der Waals surface area contributed by atoms with Gasteiger partial charge in [0.25, 0.3) is 5.92 Å². The van der Waals surface area contributed by atoms with Crippen molar-refractivity contribution in [2.75, 3.05) is 13.6 Å². The second-order valence-electron chi connectivity index (χ2n) is 4.75. The Hall–Kier alpha value is -0.960. The van der Waals surface area contributed by atoms with Crippen LogP contribution in [0.5, 0.6) is 0 Å². The summed E-state index contributed by atoms with van der Waals surface area (Å²) >= 11 is 0. The van der Waals surface area contributed by atoms with Gasteiger partial charge < -0.3 is 5.32 Å². The van der Waals surface area contributed by atoms with Gasteiger partial charge in [0, 0.05) is 18.5 Å². The van der Waals surface area contributed by atoms with E-state index in [-0.39, 0.29) is 12.0 Å². The molecule has 1 aromatic rings. The summed E-state index contributed by atoms with van der Waals surface area (Å²) in [6.07, 6.45) is 4.16. The zero-order valence-corrected chi connectivity index (χ0v) is 10.2. The molecule has 1 aliphatic rings. The second-order valence-corrected chi connectivity index (χ2v) is 4.75. The molecule has 0 atom stereocenters. The average Bonchev–Trinajstić information content (AvgIpc) is 2.36. The molecule has 0 saturated heterocycles.